The summed E-state index contributed by atoms with van der Waals surface area (Å²) >= 11 is 0. The normalized spacial score (nSPS) is 12.8. The summed E-state index contributed by atoms with van der Waals surface area (Å²) in [7, 11) is 0. The molecule has 0 unspecified atom stereocenters. The van der Waals surface area contributed by atoms with Crippen LogP contribution in [0.5, 0.6) is 0 Å². The zero-order valence-corrected chi connectivity index (χ0v) is 7.62. The number of allylic oxidation sites excluding steroid dienone is 1. The Morgan fingerprint density at radius 1 is 1.17 bits per heavy atom. The van der Waals surface area contributed by atoms with Gasteiger partial charge >= 0.3 is 0 Å². The van der Waals surface area contributed by atoms with Crippen LogP contribution in [0.1, 0.15) is 31.7 Å². The van der Waals surface area contributed by atoms with E-state index < -0.39 is 0 Å². The SMILES string of the molecule is C1=Cc2nccnc2CC1.CC. The third-order valence-electron chi connectivity index (χ3n) is 1.63. The van der Waals surface area contributed by atoms with Crippen molar-refractivity contribution >= 4 is 6.08 Å². The molecule has 1 aliphatic carbocycles. The zero-order chi connectivity index (χ0) is 8.81. The van der Waals surface area contributed by atoms with E-state index in [1.165, 1.54) is 0 Å². The lowest BCUT2D eigenvalue weighted by Gasteiger charge is -2.05. The summed E-state index contributed by atoms with van der Waals surface area (Å²) in [6.07, 6.45) is 9.79. The molecule has 0 aromatic carbocycles. The molecule has 0 saturated carbocycles. The number of hydrogen-bond donors (Lipinski definition) is 0. The molecule has 12 heavy (non-hydrogen) atoms. The second kappa shape index (κ2) is 4.65. The summed E-state index contributed by atoms with van der Waals surface area (Å²) in [5.41, 5.74) is 2.17. The molecule has 2 heteroatoms. The highest BCUT2D eigenvalue weighted by Gasteiger charge is 2.03. The molecule has 0 fully saturated rings. The van der Waals surface area contributed by atoms with E-state index in [0.717, 1.165) is 24.2 Å². The van der Waals surface area contributed by atoms with Crippen molar-refractivity contribution in [3.05, 3.63) is 29.9 Å². The number of nitrogens with zero attached hydrogens (tertiary/aromatic N) is 2. The summed E-state index contributed by atoms with van der Waals surface area (Å²) in [5, 5.41) is 0. The summed E-state index contributed by atoms with van der Waals surface area (Å²) in [5.74, 6) is 0. The molecule has 1 heterocycles. The molecule has 64 valence electrons. The maximum absolute atomic E-state index is 4.21. The maximum atomic E-state index is 4.21. The first-order chi connectivity index (χ1) is 5.97. The average Bonchev–Trinajstić information content (AvgIpc) is 2.21. The second-order valence-electron chi connectivity index (χ2n) is 2.33. The highest BCUT2D eigenvalue weighted by molar-refractivity contribution is 5.49. The minimum absolute atomic E-state index is 1.04. The molecule has 2 rings (SSSR count). The topological polar surface area (TPSA) is 25.8 Å². The first-order valence-corrected chi connectivity index (χ1v) is 4.43. The Morgan fingerprint density at radius 3 is 2.67 bits per heavy atom. The molecule has 0 amide bonds. The van der Waals surface area contributed by atoms with E-state index in [2.05, 4.69) is 16.0 Å². The van der Waals surface area contributed by atoms with Crippen LogP contribution in [0.3, 0.4) is 0 Å². The van der Waals surface area contributed by atoms with Crippen LogP contribution < -0.4 is 0 Å². The van der Waals surface area contributed by atoms with Crippen molar-refractivity contribution in [3.8, 4) is 0 Å². The molecule has 1 aromatic rings. The largest absolute Gasteiger partial charge is 0.257 e. The van der Waals surface area contributed by atoms with Gasteiger partial charge in [0.2, 0.25) is 0 Å². The van der Waals surface area contributed by atoms with E-state index in [4.69, 9.17) is 0 Å². The van der Waals surface area contributed by atoms with Crippen LogP contribution in [0.25, 0.3) is 6.08 Å². The lowest BCUT2D eigenvalue weighted by atomic mass is 10.1. The van der Waals surface area contributed by atoms with Crippen LogP contribution in [0.15, 0.2) is 18.5 Å². The summed E-state index contributed by atoms with van der Waals surface area (Å²) in [6, 6.07) is 0. The van der Waals surface area contributed by atoms with Crippen molar-refractivity contribution < 1.29 is 0 Å². The van der Waals surface area contributed by atoms with E-state index in [-0.39, 0.29) is 0 Å². The van der Waals surface area contributed by atoms with Crippen molar-refractivity contribution in [1.29, 1.82) is 0 Å². The van der Waals surface area contributed by atoms with E-state index in [0.29, 0.717) is 0 Å². The van der Waals surface area contributed by atoms with E-state index in [9.17, 15) is 0 Å². The Hall–Kier alpha value is -1.18. The number of rotatable bonds is 0. The summed E-state index contributed by atoms with van der Waals surface area (Å²) in [4.78, 5) is 8.38. The van der Waals surface area contributed by atoms with Crippen molar-refractivity contribution in [1.82, 2.24) is 9.97 Å². The summed E-state index contributed by atoms with van der Waals surface area (Å²) in [6.45, 7) is 4.00. The van der Waals surface area contributed by atoms with Crippen LogP contribution >= 0.6 is 0 Å². The molecule has 0 saturated heterocycles. The van der Waals surface area contributed by atoms with Gasteiger partial charge in [0.25, 0.3) is 0 Å². The fraction of sp³-hybridized carbons (Fsp3) is 0.400. The molecule has 0 bridgehead atoms. The molecule has 0 radical (unpaired) electrons. The highest BCUT2D eigenvalue weighted by atomic mass is 14.8. The van der Waals surface area contributed by atoms with Gasteiger partial charge < -0.3 is 0 Å². The number of fused-ring (bicyclic) bond motifs is 1. The highest BCUT2D eigenvalue weighted by Crippen LogP contribution is 2.12. The smallest absolute Gasteiger partial charge is 0.0841 e. The third-order valence-corrected chi connectivity index (χ3v) is 1.63. The molecular formula is C10H14N2. The number of aryl methyl sites for hydroxylation is 1. The van der Waals surface area contributed by atoms with Gasteiger partial charge in [0.05, 0.1) is 11.4 Å². The Bertz CT molecular complexity index is 266. The fourth-order valence-electron chi connectivity index (χ4n) is 1.12. The third kappa shape index (κ3) is 1.91. The molecule has 0 N–H and O–H groups in total. The lowest BCUT2D eigenvalue weighted by molar-refractivity contribution is 0.902. The minimum Gasteiger partial charge on any atom is -0.257 e. The van der Waals surface area contributed by atoms with E-state index in [1.807, 2.05) is 19.9 Å². The zero-order valence-electron chi connectivity index (χ0n) is 7.62. The van der Waals surface area contributed by atoms with Crippen LogP contribution in [0, 0.1) is 0 Å². The van der Waals surface area contributed by atoms with Crippen molar-refractivity contribution in [3.63, 3.8) is 0 Å². The Balaban J connectivity index is 0.000000336. The molecular weight excluding hydrogens is 148 g/mol. The van der Waals surface area contributed by atoms with Gasteiger partial charge in [0.1, 0.15) is 0 Å². The van der Waals surface area contributed by atoms with Gasteiger partial charge in [-0.3, -0.25) is 9.97 Å². The molecule has 0 spiro atoms. The maximum Gasteiger partial charge on any atom is 0.0841 e. The predicted octanol–water partition coefficient (Wildman–Crippen LogP) is 2.46. The molecule has 1 aliphatic rings. The molecule has 2 nitrogen and oxygen atoms in total. The average molecular weight is 162 g/mol. The lowest BCUT2D eigenvalue weighted by Crippen LogP contribution is -1.98. The van der Waals surface area contributed by atoms with E-state index in [1.54, 1.807) is 12.4 Å². The van der Waals surface area contributed by atoms with Gasteiger partial charge in [0, 0.05) is 12.4 Å². The molecule has 0 aliphatic heterocycles. The van der Waals surface area contributed by atoms with Gasteiger partial charge in [0.15, 0.2) is 0 Å². The minimum atomic E-state index is 1.04. The molecule has 1 aromatic heterocycles. The van der Waals surface area contributed by atoms with Crippen molar-refractivity contribution in [2.75, 3.05) is 0 Å². The van der Waals surface area contributed by atoms with Gasteiger partial charge in [-0.1, -0.05) is 19.9 Å². The van der Waals surface area contributed by atoms with Crippen molar-refractivity contribution in [2.24, 2.45) is 0 Å². The summed E-state index contributed by atoms with van der Waals surface area (Å²) < 4.78 is 0. The van der Waals surface area contributed by atoms with E-state index >= 15 is 0 Å². The van der Waals surface area contributed by atoms with Gasteiger partial charge in [-0.05, 0) is 18.9 Å². The number of hydrogen-bond acceptors (Lipinski definition) is 2. The predicted molar refractivity (Wildman–Crippen MR) is 50.7 cm³/mol. The van der Waals surface area contributed by atoms with Crippen LogP contribution in [-0.2, 0) is 6.42 Å². The monoisotopic (exact) mass is 162 g/mol. The van der Waals surface area contributed by atoms with Gasteiger partial charge in [-0.2, -0.15) is 0 Å². The fourth-order valence-corrected chi connectivity index (χ4v) is 1.12. The molecule has 0 atom stereocenters. The Morgan fingerprint density at radius 2 is 1.92 bits per heavy atom. The van der Waals surface area contributed by atoms with Gasteiger partial charge in [-0.25, -0.2) is 0 Å². The van der Waals surface area contributed by atoms with Crippen LogP contribution in [0.4, 0.5) is 0 Å². The standard InChI is InChI=1S/C8H8N2.C2H6/c1-2-4-8-7(3-1)9-5-6-10-8;1-2/h1,3,5-6H,2,4H2;1-2H3. The Labute approximate surface area is 73.4 Å². The van der Waals surface area contributed by atoms with Crippen molar-refractivity contribution in [2.45, 2.75) is 26.7 Å². The first-order valence-electron chi connectivity index (χ1n) is 4.43. The second-order valence-corrected chi connectivity index (χ2v) is 2.33. The van der Waals surface area contributed by atoms with Crippen LogP contribution in [0.2, 0.25) is 0 Å². The quantitative estimate of drug-likeness (QED) is 0.585. The number of aromatic nitrogens is 2. The Kier molecular flexibility index (Phi) is 3.45. The van der Waals surface area contributed by atoms with Gasteiger partial charge in [-0.15, -0.1) is 0 Å². The first kappa shape index (κ1) is 8.91. The van der Waals surface area contributed by atoms with Crippen LogP contribution in [-0.4, -0.2) is 9.97 Å².